The topological polar surface area (TPSA) is 90.5 Å². The van der Waals surface area contributed by atoms with E-state index in [-0.39, 0.29) is 5.91 Å². The highest BCUT2D eigenvalue weighted by Crippen LogP contribution is 2.11. The molecule has 25 heavy (non-hydrogen) atoms. The molecule has 0 saturated carbocycles. The maximum Gasteiger partial charge on any atom is 0.220 e. The van der Waals surface area contributed by atoms with Crippen molar-refractivity contribution < 1.29 is 4.79 Å². The summed E-state index contributed by atoms with van der Waals surface area (Å²) in [4.78, 5) is 17.3. The molecule has 0 spiro atoms. The quantitative estimate of drug-likeness (QED) is 0.597. The second kappa shape index (κ2) is 8.72. The highest BCUT2D eigenvalue weighted by molar-refractivity contribution is 5.75. The fourth-order valence-electron chi connectivity index (χ4n) is 2.42. The molecule has 0 aliphatic carbocycles. The van der Waals surface area contributed by atoms with Crippen LogP contribution in [0, 0.1) is 0 Å². The Morgan fingerprint density at radius 2 is 2.00 bits per heavy atom. The lowest BCUT2D eigenvalue weighted by Crippen LogP contribution is -2.25. The number of tetrazole rings is 1. The van der Waals surface area contributed by atoms with E-state index in [1.54, 1.807) is 12.5 Å². The number of carbonyl (C=O) groups excluding carboxylic acids is 1. The lowest BCUT2D eigenvalue weighted by atomic mass is 10.2. The van der Waals surface area contributed by atoms with Gasteiger partial charge in [0.05, 0.1) is 12.9 Å². The summed E-state index contributed by atoms with van der Waals surface area (Å²) < 4.78 is 1.99. The molecule has 1 N–H and O–H groups in total. The molecule has 2 aromatic heterocycles. The molecule has 0 aliphatic rings. The molecule has 0 fully saturated rings. The van der Waals surface area contributed by atoms with Crippen LogP contribution in [0.5, 0.6) is 0 Å². The summed E-state index contributed by atoms with van der Waals surface area (Å²) in [6, 6.07) is 9.71. The van der Waals surface area contributed by atoms with E-state index in [1.165, 1.54) is 4.80 Å². The minimum Gasteiger partial charge on any atom is -0.356 e. The van der Waals surface area contributed by atoms with Crippen LogP contribution in [-0.4, -0.2) is 42.2 Å². The first-order valence-electron chi connectivity index (χ1n) is 8.37. The van der Waals surface area contributed by atoms with Gasteiger partial charge in [-0.3, -0.25) is 4.79 Å². The van der Waals surface area contributed by atoms with E-state index in [4.69, 9.17) is 0 Å². The molecule has 0 bridgehead atoms. The van der Waals surface area contributed by atoms with Crippen LogP contribution >= 0.6 is 0 Å². The second-order valence-corrected chi connectivity index (χ2v) is 5.68. The van der Waals surface area contributed by atoms with E-state index in [2.05, 4.69) is 25.7 Å². The lowest BCUT2D eigenvalue weighted by molar-refractivity contribution is -0.121. The van der Waals surface area contributed by atoms with Gasteiger partial charge in [-0.25, -0.2) is 4.98 Å². The van der Waals surface area contributed by atoms with Crippen molar-refractivity contribution >= 4 is 5.91 Å². The van der Waals surface area contributed by atoms with Crippen LogP contribution in [0.4, 0.5) is 0 Å². The molecule has 8 nitrogen and oxygen atoms in total. The van der Waals surface area contributed by atoms with Gasteiger partial charge in [0, 0.05) is 37.5 Å². The van der Waals surface area contributed by atoms with Crippen LogP contribution in [0.15, 0.2) is 49.1 Å². The number of imidazole rings is 1. The van der Waals surface area contributed by atoms with E-state index < -0.39 is 0 Å². The standard InChI is InChI=1S/C17H21N7O/c25-16(19-9-5-11-23-13-10-18-14-23)8-4-12-24-21-17(20-22-24)15-6-2-1-3-7-15/h1-3,6-7,10,13-14H,4-5,8-9,11-12H2,(H,19,25). The average molecular weight is 339 g/mol. The van der Waals surface area contributed by atoms with Crippen molar-refractivity contribution in [3.05, 3.63) is 49.1 Å². The number of aryl methyl sites for hydroxylation is 2. The van der Waals surface area contributed by atoms with Crippen LogP contribution in [0.1, 0.15) is 19.3 Å². The Morgan fingerprint density at radius 1 is 1.12 bits per heavy atom. The predicted octanol–water partition coefficient (Wildman–Crippen LogP) is 1.52. The third-order valence-corrected chi connectivity index (χ3v) is 3.72. The number of aromatic nitrogens is 6. The van der Waals surface area contributed by atoms with Gasteiger partial charge in [-0.15, -0.1) is 10.2 Å². The number of hydrogen-bond acceptors (Lipinski definition) is 5. The summed E-state index contributed by atoms with van der Waals surface area (Å²) in [5.74, 6) is 0.651. The zero-order valence-electron chi connectivity index (χ0n) is 14.0. The summed E-state index contributed by atoms with van der Waals surface area (Å²) in [5.41, 5.74) is 0.935. The number of hydrogen-bond donors (Lipinski definition) is 1. The lowest BCUT2D eigenvalue weighted by Gasteiger charge is -2.05. The fraction of sp³-hybridized carbons (Fsp3) is 0.353. The fourth-order valence-corrected chi connectivity index (χ4v) is 2.42. The van der Waals surface area contributed by atoms with Crippen molar-refractivity contribution in [2.75, 3.05) is 6.54 Å². The molecular formula is C17H21N7O. The molecule has 0 unspecified atom stereocenters. The number of rotatable bonds is 9. The van der Waals surface area contributed by atoms with Gasteiger partial charge in [0.25, 0.3) is 0 Å². The number of nitrogens with zero attached hydrogens (tertiary/aromatic N) is 6. The Morgan fingerprint density at radius 3 is 2.80 bits per heavy atom. The largest absolute Gasteiger partial charge is 0.356 e. The summed E-state index contributed by atoms with van der Waals surface area (Å²) >= 11 is 0. The van der Waals surface area contributed by atoms with Gasteiger partial charge in [-0.05, 0) is 18.1 Å². The molecule has 1 amide bonds. The zero-order valence-corrected chi connectivity index (χ0v) is 14.0. The summed E-state index contributed by atoms with van der Waals surface area (Å²) in [6.45, 7) is 2.09. The van der Waals surface area contributed by atoms with E-state index in [0.29, 0.717) is 31.8 Å². The molecule has 0 aliphatic heterocycles. The molecule has 0 radical (unpaired) electrons. The first-order valence-corrected chi connectivity index (χ1v) is 8.37. The monoisotopic (exact) mass is 339 g/mol. The maximum atomic E-state index is 11.8. The minimum absolute atomic E-state index is 0.0500. The van der Waals surface area contributed by atoms with E-state index in [0.717, 1.165) is 18.5 Å². The zero-order chi connectivity index (χ0) is 17.3. The molecule has 0 saturated heterocycles. The molecule has 3 rings (SSSR count). The highest BCUT2D eigenvalue weighted by atomic mass is 16.1. The van der Waals surface area contributed by atoms with Gasteiger partial charge in [0.15, 0.2) is 0 Å². The van der Waals surface area contributed by atoms with Gasteiger partial charge in [-0.2, -0.15) is 4.80 Å². The third kappa shape index (κ3) is 5.23. The highest BCUT2D eigenvalue weighted by Gasteiger charge is 2.06. The molecule has 2 heterocycles. The third-order valence-electron chi connectivity index (χ3n) is 3.72. The van der Waals surface area contributed by atoms with Crippen LogP contribution in [0.3, 0.4) is 0 Å². The SMILES string of the molecule is O=C(CCCn1nnc(-c2ccccc2)n1)NCCCn1ccnc1. The number of carbonyl (C=O) groups is 1. The predicted molar refractivity (Wildman–Crippen MR) is 92.3 cm³/mol. The summed E-state index contributed by atoms with van der Waals surface area (Å²) in [6.07, 6.45) is 7.45. The Labute approximate surface area is 145 Å². The first-order chi connectivity index (χ1) is 12.3. The van der Waals surface area contributed by atoms with Gasteiger partial charge in [0.1, 0.15) is 0 Å². The Balaban J connectivity index is 1.32. The van der Waals surface area contributed by atoms with E-state index in [9.17, 15) is 4.79 Å². The summed E-state index contributed by atoms with van der Waals surface area (Å²) in [7, 11) is 0. The Bertz CT molecular complexity index is 767. The van der Waals surface area contributed by atoms with Crippen molar-refractivity contribution in [3.8, 4) is 11.4 Å². The van der Waals surface area contributed by atoms with Crippen molar-refractivity contribution in [2.45, 2.75) is 32.4 Å². The van der Waals surface area contributed by atoms with E-state index in [1.807, 2.05) is 41.1 Å². The molecule has 0 atom stereocenters. The van der Waals surface area contributed by atoms with Crippen LogP contribution in [-0.2, 0) is 17.9 Å². The van der Waals surface area contributed by atoms with Crippen LogP contribution in [0.25, 0.3) is 11.4 Å². The van der Waals surface area contributed by atoms with Gasteiger partial charge in [-0.1, -0.05) is 30.3 Å². The normalized spacial score (nSPS) is 10.7. The van der Waals surface area contributed by atoms with Crippen molar-refractivity contribution in [1.29, 1.82) is 0 Å². The molecule has 3 aromatic rings. The van der Waals surface area contributed by atoms with Gasteiger partial charge >= 0.3 is 0 Å². The Hall–Kier alpha value is -3.03. The summed E-state index contributed by atoms with van der Waals surface area (Å²) in [5, 5.41) is 15.3. The van der Waals surface area contributed by atoms with Crippen molar-refractivity contribution in [3.63, 3.8) is 0 Å². The number of nitrogens with one attached hydrogen (secondary N) is 1. The van der Waals surface area contributed by atoms with E-state index >= 15 is 0 Å². The maximum absolute atomic E-state index is 11.8. The molecule has 1 aromatic carbocycles. The van der Waals surface area contributed by atoms with Crippen molar-refractivity contribution in [2.24, 2.45) is 0 Å². The molecule has 8 heteroatoms. The molecular weight excluding hydrogens is 318 g/mol. The van der Waals surface area contributed by atoms with Crippen molar-refractivity contribution in [1.82, 2.24) is 35.1 Å². The molecule has 130 valence electrons. The number of benzene rings is 1. The van der Waals surface area contributed by atoms with Gasteiger partial charge < -0.3 is 9.88 Å². The second-order valence-electron chi connectivity index (χ2n) is 5.68. The number of amides is 1. The smallest absolute Gasteiger partial charge is 0.220 e. The minimum atomic E-state index is 0.0500. The first kappa shape index (κ1) is 16.8. The Kier molecular flexibility index (Phi) is 5.86. The van der Waals surface area contributed by atoms with Crippen LogP contribution < -0.4 is 5.32 Å². The van der Waals surface area contributed by atoms with Crippen LogP contribution in [0.2, 0.25) is 0 Å². The average Bonchev–Trinajstić information content (AvgIpc) is 3.31. The van der Waals surface area contributed by atoms with Gasteiger partial charge in [0.2, 0.25) is 11.7 Å².